The van der Waals surface area contributed by atoms with Gasteiger partial charge in [0, 0.05) is 27.2 Å². The fourth-order valence-corrected chi connectivity index (χ4v) is 2.07. The van der Waals surface area contributed by atoms with Crippen LogP contribution in [0.2, 0.25) is 0 Å². The lowest BCUT2D eigenvalue weighted by molar-refractivity contribution is 0.713. The van der Waals surface area contributed by atoms with Gasteiger partial charge in [-0.25, -0.2) is 0 Å². The summed E-state index contributed by atoms with van der Waals surface area (Å²) in [5.41, 5.74) is 2.41. The normalized spacial score (nSPS) is 16.1. The maximum absolute atomic E-state index is 4.52. The molecule has 1 aliphatic heterocycles. The third kappa shape index (κ3) is 1.35. The molecule has 0 bridgehead atoms. The smallest absolute Gasteiger partial charge is 0.150 e. The van der Waals surface area contributed by atoms with Gasteiger partial charge in [0.15, 0.2) is 0 Å². The van der Waals surface area contributed by atoms with E-state index in [0.717, 1.165) is 19.5 Å². The van der Waals surface area contributed by atoms with Crippen LogP contribution >= 0.6 is 0 Å². The molecule has 4 nitrogen and oxygen atoms in total. The lowest BCUT2D eigenvalue weighted by Crippen LogP contribution is -2.20. The molecule has 4 heteroatoms. The molecule has 0 aliphatic carbocycles. The van der Waals surface area contributed by atoms with Crippen LogP contribution in [0, 0.1) is 0 Å². The Morgan fingerprint density at radius 1 is 1.43 bits per heavy atom. The number of aromatic nitrogens is 2. The van der Waals surface area contributed by atoms with Crippen molar-refractivity contribution in [3.63, 3.8) is 0 Å². The number of nitrogens with one attached hydrogen (secondary N) is 1. The van der Waals surface area contributed by atoms with Gasteiger partial charge in [-0.05, 0) is 12.8 Å². The average Bonchev–Trinajstić information content (AvgIpc) is 2.35. The molecule has 2 heterocycles. The number of nitrogens with zero attached hydrogens (tertiary/aromatic N) is 3. The Kier molecular flexibility index (Phi) is 2.35. The molecular weight excluding hydrogens is 176 g/mol. The van der Waals surface area contributed by atoms with Crippen molar-refractivity contribution in [3.8, 4) is 0 Å². The summed E-state index contributed by atoms with van der Waals surface area (Å²) in [4.78, 5) is 2.28. The van der Waals surface area contributed by atoms with E-state index < -0.39 is 0 Å². The maximum Gasteiger partial charge on any atom is 0.150 e. The minimum Gasteiger partial charge on any atom is -0.380 e. The van der Waals surface area contributed by atoms with Crippen LogP contribution in [0.5, 0.6) is 0 Å². The van der Waals surface area contributed by atoms with Crippen molar-refractivity contribution in [2.45, 2.75) is 19.8 Å². The summed E-state index contributed by atoms with van der Waals surface area (Å²) in [5, 5.41) is 7.99. The van der Waals surface area contributed by atoms with Crippen molar-refractivity contribution in [2.75, 3.05) is 30.4 Å². The maximum atomic E-state index is 4.52. The molecule has 0 fully saturated rings. The molecule has 14 heavy (non-hydrogen) atoms. The molecule has 0 atom stereocenters. The molecule has 0 radical (unpaired) electrons. The van der Waals surface area contributed by atoms with E-state index in [9.17, 15) is 0 Å². The molecule has 0 unspecified atom stereocenters. The first-order valence-electron chi connectivity index (χ1n) is 5.25. The number of anilines is 2. The molecule has 1 aromatic rings. The zero-order chi connectivity index (χ0) is 10.1. The molecule has 0 saturated carbocycles. The van der Waals surface area contributed by atoms with E-state index in [1.54, 1.807) is 0 Å². The minimum absolute atomic E-state index is 0.990. The van der Waals surface area contributed by atoms with E-state index in [0.29, 0.717) is 0 Å². The third-order valence-corrected chi connectivity index (χ3v) is 2.76. The molecule has 0 aromatic carbocycles. The quantitative estimate of drug-likeness (QED) is 0.730. The van der Waals surface area contributed by atoms with Crippen LogP contribution in [0.25, 0.3) is 0 Å². The van der Waals surface area contributed by atoms with Crippen molar-refractivity contribution in [1.29, 1.82) is 0 Å². The van der Waals surface area contributed by atoms with Gasteiger partial charge in [-0.1, -0.05) is 6.92 Å². The zero-order valence-corrected chi connectivity index (χ0v) is 9.17. The molecule has 1 aliphatic rings. The van der Waals surface area contributed by atoms with Crippen LogP contribution in [0.15, 0.2) is 0 Å². The Morgan fingerprint density at radius 2 is 2.21 bits per heavy atom. The largest absolute Gasteiger partial charge is 0.380 e. The summed E-state index contributed by atoms with van der Waals surface area (Å²) >= 11 is 0. The SMILES string of the molecule is CCc1nn(C)c2c1NCCCN2C. The Morgan fingerprint density at radius 3 is 2.93 bits per heavy atom. The van der Waals surface area contributed by atoms with Crippen molar-refractivity contribution >= 4 is 11.5 Å². The van der Waals surface area contributed by atoms with E-state index in [4.69, 9.17) is 0 Å². The fourth-order valence-electron chi connectivity index (χ4n) is 2.07. The Bertz CT molecular complexity index is 329. The second-order valence-electron chi connectivity index (χ2n) is 3.82. The monoisotopic (exact) mass is 194 g/mol. The topological polar surface area (TPSA) is 33.1 Å². The molecule has 1 N–H and O–H groups in total. The van der Waals surface area contributed by atoms with Gasteiger partial charge in [-0.3, -0.25) is 4.68 Å². The summed E-state index contributed by atoms with van der Waals surface area (Å²) in [5.74, 6) is 1.22. The molecule has 0 amide bonds. The van der Waals surface area contributed by atoms with Gasteiger partial charge in [0.1, 0.15) is 11.5 Å². The van der Waals surface area contributed by atoms with Gasteiger partial charge in [0.25, 0.3) is 0 Å². The average molecular weight is 194 g/mol. The summed E-state index contributed by atoms with van der Waals surface area (Å²) in [6, 6.07) is 0. The molecule has 78 valence electrons. The van der Waals surface area contributed by atoms with Crippen LogP contribution < -0.4 is 10.2 Å². The van der Waals surface area contributed by atoms with Gasteiger partial charge in [-0.15, -0.1) is 0 Å². The standard InChI is InChI=1S/C10H18N4/c1-4-8-9-10(14(3)12-8)13(2)7-5-6-11-9/h11H,4-7H2,1-3H3. The number of hydrogen-bond acceptors (Lipinski definition) is 3. The van der Waals surface area contributed by atoms with Crippen LogP contribution in [0.3, 0.4) is 0 Å². The second-order valence-corrected chi connectivity index (χ2v) is 3.82. The van der Waals surface area contributed by atoms with Crippen LogP contribution in [-0.2, 0) is 13.5 Å². The van der Waals surface area contributed by atoms with Gasteiger partial charge in [0.2, 0.25) is 0 Å². The Balaban J connectivity index is 2.48. The third-order valence-electron chi connectivity index (χ3n) is 2.76. The summed E-state index contributed by atoms with van der Waals surface area (Å²) < 4.78 is 1.98. The molecular formula is C10H18N4. The lowest BCUT2D eigenvalue weighted by Gasteiger charge is -2.16. The summed E-state index contributed by atoms with van der Waals surface area (Å²) in [6.07, 6.45) is 2.18. The fraction of sp³-hybridized carbons (Fsp3) is 0.700. The van der Waals surface area contributed by atoms with Crippen molar-refractivity contribution in [1.82, 2.24) is 9.78 Å². The molecule has 1 aromatic heterocycles. The minimum atomic E-state index is 0.990. The first-order chi connectivity index (χ1) is 6.74. The molecule has 2 rings (SSSR count). The van der Waals surface area contributed by atoms with Crippen molar-refractivity contribution < 1.29 is 0 Å². The van der Waals surface area contributed by atoms with E-state index in [2.05, 4.69) is 29.3 Å². The number of hydrogen-bond donors (Lipinski definition) is 1. The van der Waals surface area contributed by atoms with Gasteiger partial charge >= 0.3 is 0 Å². The van der Waals surface area contributed by atoms with Crippen LogP contribution in [0.1, 0.15) is 19.0 Å². The first-order valence-corrected chi connectivity index (χ1v) is 5.25. The van der Waals surface area contributed by atoms with Crippen LogP contribution in [-0.4, -0.2) is 29.9 Å². The molecule has 0 spiro atoms. The lowest BCUT2D eigenvalue weighted by atomic mass is 10.3. The zero-order valence-electron chi connectivity index (χ0n) is 9.17. The highest BCUT2D eigenvalue weighted by Gasteiger charge is 2.19. The second kappa shape index (κ2) is 3.52. The van der Waals surface area contributed by atoms with Gasteiger partial charge in [-0.2, -0.15) is 5.10 Å². The highest BCUT2D eigenvalue weighted by atomic mass is 15.4. The summed E-state index contributed by atoms with van der Waals surface area (Å²) in [6.45, 7) is 4.30. The van der Waals surface area contributed by atoms with E-state index in [1.165, 1.54) is 23.6 Å². The highest BCUT2D eigenvalue weighted by molar-refractivity contribution is 5.69. The van der Waals surface area contributed by atoms with Crippen molar-refractivity contribution in [3.05, 3.63) is 5.69 Å². The molecule has 0 saturated heterocycles. The van der Waals surface area contributed by atoms with Gasteiger partial charge < -0.3 is 10.2 Å². The summed E-state index contributed by atoms with van der Waals surface area (Å²) in [7, 11) is 4.15. The number of rotatable bonds is 1. The number of fused-ring (bicyclic) bond motifs is 1. The highest BCUT2D eigenvalue weighted by Crippen LogP contribution is 2.30. The predicted octanol–water partition coefficient (Wildman–Crippen LogP) is 1.23. The van der Waals surface area contributed by atoms with E-state index in [-0.39, 0.29) is 0 Å². The van der Waals surface area contributed by atoms with Crippen LogP contribution in [0.4, 0.5) is 11.5 Å². The predicted molar refractivity (Wildman–Crippen MR) is 59.0 cm³/mol. The van der Waals surface area contributed by atoms with Gasteiger partial charge in [0.05, 0.1) is 5.69 Å². The van der Waals surface area contributed by atoms with Crippen molar-refractivity contribution in [2.24, 2.45) is 7.05 Å². The Labute approximate surface area is 84.9 Å². The van der Waals surface area contributed by atoms with E-state index >= 15 is 0 Å². The Hall–Kier alpha value is -1.19. The first kappa shape index (κ1) is 9.37. The number of aryl methyl sites for hydroxylation is 2. The van der Waals surface area contributed by atoms with E-state index in [1.807, 2.05) is 11.7 Å².